The Balaban J connectivity index is 1.92. The standard InChI is InChI=1S/C21H26N2O3/c1-14-12-17(21(3,4)5)8-11-19(14)26-13-20(25)23-22-15(2)16-6-9-18(24)10-7-16/h6-12,24H,13H2,1-5H3,(H,23,25)/b22-15+. The molecular weight excluding hydrogens is 328 g/mol. The Labute approximate surface area is 154 Å². The summed E-state index contributed by atoms with van der Waals surface area (Å²) in [6.45, 7) is 10.1. The molecule has 0 heterocycles. The third-order valence-corrected chi connectivity index (χ3v) is 4.03. The van der Waals surface area contributed by atoms with Crippen molar-refractivity contribution in [3.05, 3.63) is 59.2 Å². The predicted molar refractivity (Wildman–Crippen MR) is 104 cm³/mol. The maximum absolute atomic E-state index is 12.0. The van der Waals surface area contributed by atoms with E-state index in [4.69, 9.17) is 4.74 Å². The number of hydrogen-bond acceptors (Lipinski definition) is 4. The summed E-state index contributed by atoms with van der Waals surface area (Å²) in [7, 11) is 0. The largest absolute Gasteiger partial charge is 0.508 e. The van der Waals surface area contributed by atoms with Gasteiger partial charge in [-0.15, -0.1) is 0 Å². The van der Waals surface area contributed by atoms with Gasteiger partial charge in [-0.25, -0.2) is 5.43 Å². The molecule has 0 aliphatic rings. The number of nitrogens with one attached hydrogen (secondary N) is 1. The minimum absolute atomic E-state index is 0.0706. The second-order valence-electron chi connectivity index (χ2n) is 7.30. The Hall–Kier alpha value is -2.82. The molecule has 0 fully saturated rings. The van der Waals surface area contributed by atoms with Crippen molar-refractivity contribution in [1.82, 2.24) is 5.43 Å². The molecule has 0 aliphatic carbocycles. The number of phenolic OH excluding ortho intramolecular Hbond substituents is 1. The smallest absolute Gasteiger partial charge is 0.277 e. The number of carbonyl (C=O) groups excluding carboxylic acids is 1. The molecule has 0 radical (unpaired) electrons. The zero-order valence-electron chi connectivity index (χ0n) is 16.0. The van der Waals surface area contributed by atoms with Crippen LogP contribution in [-0.2, 0) is 10.2 Å². The second kappa shape index (κ2) is 8.04. The zero-order valence-corrected chi connectivity index (χ0v) is 16.0. The van der Waals surface area contributed by atoms with Crippen molar-refractivity contribution in [2.24, 2.45) is 5.10 Å². The van der Waals surface area contributed by atoms with Gasteiger partial charge < -0.3 is 9.84 Å². The quantitative estimate of drug-likeness (QED) is 0.631. The SMILES string of the molecule is C/C(=N\NC(=O)COc1ccc(C(C)(C)C)cc1C)c1ccc(O)cc1. The van der Waals surface area contributed by atoms with Crippen LogP contribution in [0.1, 0.15) is 44.4 Å². The molecule has 5 nitrogen and oxygen atoms in total. The Morgan fingerprint density at radius 1 is 1.15 bits per heavy atom. The van der Waals surface area contributed by atoms with Crippen LogP contribution in [0.4, 0.5) is 0 Å². The fourth-order valence-electron chi connectivity index (χ4n) is 2.37. The van der Waals surface area contributed by atoms with Gasteiger partial charge in [0.15, 0.2) is 6.61 Å². The summed E-state index contributed by atoms with van der Waals surface area (Å²) in [4.78, 5) is 12.0. The van der Waals surface area contributed by atoms with Crippen LogP contribution in [0.3, 0.4) is 0 Å². The molecule has 2 aromatic carbocycles. The van der Waals surface area contributed by atoms with Crippen LogP contribution in [0.5, 0.6) is 11.5 Å². The molecule has 0 spiro atoms. The van der Waals surface area contributed by atoms with Crippen molar-refractivity contribution >= 4 is 11.6 Å². The maximum atomic E-state index is 12.0. The molecule has 0 saturated carbocycles. The molecule has 26 heavy (non-hydrogen) atoms. The van der Waals surface area contributed by atoms with Crippen LogP contribution in [0.15, 0.2) is 47.6 Å². The zero-order chi connectivity index (χ0) is 19.3. The highest BCUT2D eigenvalue weighted by atomic mass is 16.5. The molecule has 2 aromatic rings. The monoisotopic (exact) mass is 354 g/mol. The van der Waals surface area contributed by atoms with Crippen LogP contribution >= 0.6 is 0 Å². The van der Waals surface area contributed by atoms with E-state index in [-0.39, 0.29) is 23.7 Å². The van der Waals surface area contributed by atoms with Crippen molar-refractivity contribution in [2.45, 2.75) is 40.0 Å². The average Bonchev–Trinajstić information content (AvgIpc) is 2.58. The number of phenols is 1. The van der Waals surface area contributed by atoms with Gasteiger partial charge >= 0.3 is 0 Å². The highest BCUT2D eigenvalue weighted by Crippen LogP contribution is 2.27. The van der Waals surface area contributed by atoms with Crippen molar-refractivity contribution in [1.29, 1.82) is 0 Å². The summed E-state index contributed by atoms with van der Waals surface area (Å²) in [5.74, 6) is 0.543. The van der Waals surface area contributed by atoms with Crippen LogP contribution in [0.2, 0.25) is 0 Å². The third-order valence-electron chi connectivity index (χ3n) is 4.03. The maximum Gasteiger partial charge on any atom is 0.277 e. The van der Waals surface area contributed by atoms with E-state index in [1.54, 1.807) is 31.2 Å². The lowest BCUT2D eigenvalue weighted by molar-refractivity contribution is -0.123. The van der Waals surface area contributed by atoms with Crippen LogP contribution in [-0.4, -0.2) is 23.3 Å². The molecule has 138 valence electrons. The highest BCUT2D eigenvalue weighted by Gasteiger charge is 2.15. The number of aromatic hydroxyl groups is 1. The van der Waals surface area contributed by atoms with E-state index in [9.17, 15) is 9.90 Å². The van der Waals surface area contributed by atoms with Crippen LogP contribution < -0.4 is 10.2 Å². The van der Waals surface area contributed by atoms with Gasteiger partial charge in [-0.1, -0.05) is 32.9 Å². The number of amides is 1. The van der Waals surface area contributed by atoms with Crippen molar-refractivity contribution in [3.8, 4) is 11.5 Å². The molecule has 1 amide bonds. The molecule has 0 unspecified atom stereocenters. The topological polar surface area (TPSA) is 70.9 Å². The lowest BCUT2D eigenvalue weighted by Crippen LogP contribution is -2.25. The molecule has 0 saturated heterocycles. The van der Waals surface area contributed by atoms with Crippen molar-refractivity contribution in [3.63, 3.8) is 0 Å². The Bertz CT molecular complexity index is 803. The molecule has 0 aromatic heterocycles. The molecular formula is C21H26N2O3. The number of nitrogens with zero attached hydrogens (tertiary/aromatic N) is 1. The van der Waals surface area contributed by atoms with Gasteiger partial charge in [0.25, 0.3) is 5.91 Å². The number of aryl methyl sites for hydroxylation is 1. The Morgan fingerprint density at radius 3 is 2.38 bits per heavy atom. The number of carbonyl (C=O) groups is 1. The van der Waals surface area contributed by atoms with Crippen LogP contribution in [0, 0.1) is 6.92 Å². The van der Waals surface area contributed by atoms with Gasteiger partial charge in [0.05, 0.1) is 5.71 Å². The average molecular weight is 354 g/mol. The number of hydrazone groups is 1. The summed E-state index contributed by atoms with van der Waals surface area (Å²) >= 11 is 0. The summed E-state index contributed by atoms with van der Waals surface area (Å²) in [5.41, 5.74) is 6.23. The van der Waals surface area contributed by atoms with Gasteiger partial charge in [-0.2, -0.15) is 5.10 Å². The summed E-state index contributed by atoms with van der Waals surface area (Å²) < 4.78 is 5.61. The highest BCUT2D eigenvalue weighted by molar-refractivity contribution is 5.99. The first-order chi connectivity index (χ1) is 12.2. The third kappa shape index (κ3) is 5.34. The molecule has 0 atom stereocenters. The fourth-order valence-corrected chi connectivity index (χ4v) is 2.37. The second-order valence-corrected chi connectivity index (χ2v) is 7.30. The van der Waals surface area contributed by atoms with Crippen molar-refractivity contribution < 1.29 is 14.6 Å². The molecule has 0 bridgehead atoms. The van der Waals surface area contributed by atoms with Gasteiger partial charge in [0.1, 0.15) is 11.5 Å². The fraction of sp³-hybridized carbons (Fsp3) is 0.333. The first-order valence-electron chi connectivity index (χ1n) is 8.53. The molecule has 5 heteroatoms. The van der Waals surface area contributed by atoms with E-state index in [1.165, 1.54) is 5.56 Å². The van der Waals surface area contributed by atoms with E-state index in [0.29, 0.717) is 11.5 Å². The lowest BCUT2D eigenvalue weighted by atomic mass is 9.86. The summed E-state index contributed by atoms with van der Waals surface area (Å²) in [6, 6.07) is 12.6. The molecule has 2 N–H and O–H groups in total. The number of ether oxygens (including phenoxy) is 1. The Morgan fingerprint density at radius 2 is 1.81 bits per heavy atom. The summed E-state index contributed by atoms with van der Waals surface area (Å²) in [6.07, 6.45) is 0. The minimum Gasteiger partial charge on any atom is -0.508 e. The number of benzene rings is 2. The predicted octanol–water partition coefficient (Wildman–Crippen LogP) is 3.92. The normalized spacial score (nSPS) is 12.0. The van der Waals surface area contributed by atoms with Crippen LogP contribution in [0.25, 0.3) is 0 Å². The van der Waals surface area contributed by atoms with Gasteiger partial charge in [-0.3, -0.25) is 4.79 Å². The van der Waals surface area contributed by atoms with E-state index in [1.807, 2.05) is 19.1 Å². The van der Waals surface area contributed by atoms with E-state index in [2.05, 4.69) is 37.4 Å². The Kier molecular flexibility index (Phi) is 6.03. The molecule has 0 aliphatic heterocycles. The van der Waals surface area contributed by atoms with Gasteiger partial charge in [0.2, 0.25) is 0 Å². The van der Waals surface area contributed by atoms with Gasteiger partial charge in [0, 0.05) is 0 Å². The first kappa shape index (κ1) is 19.5. The minimum atomic E-state index is -0.331. The van der Waals surface area contributed by atoms with E-state index in [0.717, 1.165) is 11.1 Å². The van der Waals surface area contributed by atoms with Gasteiger partial charge in [-0.05, 0) is 66.3 Å². The summed E-state index contributed by atoms with van der Waals surface area (Å²) in [5, 5.41) is 13.4. The first-order valence-corrected chi connectivity index (χ1v) is 8.53. The van der Waals surface area contributed by atoms with Crippen molar-refractivity contribution in [2.75, 3.05) is 6.61 Å². The van der Waals surface area contributed by atoms with E-state index < -0.39 is 0 Å². The molecule has 2 rings (SSSR count). The number of hydrogen-bond donors (Lipinski definition) is 2. The number of rotatable bonds is 5. The van der Waals surface area contributed by atoms with E-state index >= 15 is 0 Å². The lowest BCUT2D eigenvalue weighted by Gasteiger charge is -2.20.